The molecule has 118 valence electrons. The normalized spacial score (nSPS) is 12.9. The monoisotopic (exact) mass is 305 g/mol. The van der Waals surface area contributed by atoms with E-state index >= 15 is 0 Å². The van der Waals surface area contributed by atoms with Gasteiger partial charge in [-0.2, -0.15) is 0 Å². The predicted octanol–water partition coefficient (Wildman–Crippen LogP) is 2.53. The molecule has 0 fully saturated rings. The van der Waals surface area contributed by atoms with Gasteiger partial charge in [-0.25, -0.2) is 18.0 Å². The van der Waals surface area contributed by atoms with Crippen LogP contribution in [0.5, 0.6) is 0 Å². The molecule has 0 spiro atoms. The lowest BCUT2D eigenvalue weighted by Gasteiger charge is -2.23. The Morgan fingerprint density at radius 3 is 2.33 bits per heavy atom. The van der Waals surface area contributed by atoms with Crippen molar-refractivity contribution in [3.05, 3.63) is 35.1 Å². The number of nitrogens with one attached hydrogen (secondary N) is 1. The van der Waals surface area contributed by atoms with Crippen LogP contribution in [0.15, 0.2) is 12.1 Å². The Balaban J connectivity index is 2.75. The van der Waals surface area contributed by atoms with E-state index in [1.807, 2.05) is 0 Å². The zero-order chi connectivity index (χ0) is 16.2. The van der Waals surface area contributed by atoms with Crippen LogP contribution in [0.1, 0.15) is 26.3 Å². The summed E-state index contributed by atoms with van der Waals surface area (Å²) in [4.78, 5) is 11.6. The van der Waals surface area contributed by atoms with Crippen molar-refractivity contribution in [2.24, 2.45) is 0 Å². The van der Waals surface area contributed by atoms with Crippen LogP contribution in [0.2, 0.25) is 0 Å². The van der Waals surface area contributed by atoms with Gasteiger partial charge >= 0.3 is 6.09 Å². The van der Waals surface area contributed by atoms with Gasteiger partial charge in [0.25, 0.3) is 0 Å². The van der Waals surface area contributed by atoms with Crippen molar-refractivity contribution in [3.63, 3.8) is 0 Å². The highest BCUT2D eigenvalue weighted by molar-refractivity contribution is 5.68. The molecule has 0 saturated carbocycles. The number of carbonyl (C=O) groups is 1. The maximum atomic E-state index is 13.5. The highest BCUT2D eigenvalue weighted by Crippen LogP contribution is 2.15. The summed E-state index contributed by atoms with van der Waals surface area (Å²) in [6.07, 6.45) is -0.983. The minimum atomic E-state index is -1.29. The van der Waals surface area contributed by atoms with Gasteiger partial charge in [-0.3, -0.25) is 0 Å². The zero-order valence-electron chi connectivity index (χ0n) is 12.0. The number of aliphatic hydroxyl groups excluding tert-OH is 1. The van der Waals surface area contributed by atoms with Crippen molar-refractivity contribution in [2.45, 2.75) is 38.8 Å². The summed E-state index contributed by atoms with van der Waals surface area (Å²) in [5, 5.41) is 11.5. The smallest absolute Gasteiger partial charge is 0.407 e. The lowest BCUT2D eigenvalue weighted by atomic mass is 10.1. The molecule has 1 aromatic rings. The summed E-state index contributed by atoms with van der Waals surface area (Å²) in [6.45, 7) is 4.48. The summed E-state index contributed by atoms with van der Waals surface area (Å²) < 4.78 is 44.4. The van der Waals surface area contributed by atoms with Gasteiger partial charge in [-0.05, 0) is 38.8 Å². The summed E-state index contributed by atoms with van der Waals surface area (Å²) in [6, 6.07) is 0.246. The number of hydrogen-bond donors (Lipinski definition) is 2. The number of rotatable bonds is 4. The maximum Gasteiger partial charge on any atom is 0.407 e. The van der Waals surface area contributed by atoms with E-state index in [-0.39, 0.29) is 12.0 Å². The highest BCUT2D eigenvalue weighted by atomic mass is 19.2. The summed E-state index contributed by atoms with van der Waals surface area (Å²) in [5.41, 5.74) is -0.874. The second kappa shape index (κ2) is 6.80. The van der Waals surface area contributed by atoms with E-state index in [9.17, 15) is 23.1 Å². The van der Waals surface area contributed by atoms with Crippen LogP contribution in [-0.4, -0.2) is 29.4 Å². The third-order valence-corrected chi connectivity index (χ3v) is 2.50. The molecule has 21 heavy (non-hydrogen) atoms. The van der Waals surface area contributed by atoms with Gasteiger partial charge in [0.15, 0.2) is 11.6 Å². The second-order valence-electron chi connectivity index (χ2n) is 5.59. The Bertz CT molecular complexity index is 515. The molecule has 0 aliphatic rings. The Morgan fingerprint density at radius 1 is 1.24 bits per heavy atom. The van der Waals surface area contributed by atoms with Crippen molar-refractivity contribution in [3.8, 4) is 0 Å². The third-order valence-electron chi connectivity index (χ3n) is 2.50. The fraction of sp³-hybridized carbons (Fsp3) is 0.500. The van der Waals surface area contributed by atoms with E-state index in [4.69, 9.17) is 4.74 Å². The molecule has 4 nitrogen and oxygen atoms in total. The molecule has 0 radical (unpaired) electrons. The molecule has 1 rings (SSSR count). The van der Waals surface area contributed by atoms with Crippen molar-refractivity contribution in [2.75, 3.05) is 6.61 Å². The van der Waals surface area contributed by atoms with E-state index in [0.29, 0.717) is 12.1 Å². The minimum absolute atomic E-state index is 0.149. The first-order valence-electron chi connectivity index (χ1n) is 6.36. The average Bonchev–Trinajstić information content (AvgIpc) is 2.32. The quantitative estimate of drug-likeness (QED) is 0.840. The molecule has 1 aromatic carbocycles. The average molecular weight is 305 g/mol. The minimum Gasteiger partial charge on any atom is -0.444 e. The van der Waals surface area contributed by atoms with E-state index in [0.717, 1.165) is 0 Å². The molecule has 0 saturated heterocycles. The number of halogens is 3. The Labute approximate surface area is 120 Å². The fourth-order valence-corrected chi connectivity index (χ4v) is 1.62. The predicted molar refractivity (Wildman–Crippen MR) is 70.3 cm³/mol. The van der Waals surface area contributed by atoms with Crippen LogP contribution in [0, 0.1) is 17.5 Å². The standard InChI is InChI=1S/C14H18F3NO3/c1-14(2,3)21-13(20)18-9(7-19)4-8-5-11(16)12(17)6-10(8)15/h5-6,9,19H,4,7H2,1-3H3,(H,18,20). The first-order chi connectivity index (χ1) is 9.62. The van der Waals surface area contributed by atoms with Gasteiger partial charge in [0, 0.05) is 6.07 Å². The molecular formula is C14H18F3NO3. The van der Waals surface area contributed by atoms with Gasteiger partial charge in [0.1, 0.15) is 11.4 Å². The second-order valence-corrected chi connectivity index (χ2v) is 5.59. The largest absolute Gasteiger partial charge is 0.444 e. The summed E-state index contributed by atoms with van der Waals surface area (Å²) in [7, 11) is 0. The van der Waals surface area contributed by atoms with Crippen LogP contribution >= 0.6 is 0 Å². The molecular weight excluding hydrogens is 287 g/mol. The maximum absolute atomic E-state index is 13.5. The van der Waals surface area contributed by atoms with E-state index in [1.165, 1.54) is 0 Å². The molecule has 1 unspecified atom stereocenters. The fourth-order valence-electron chi connectivity index (χ4n) is 1.62. The molecule has 2 N–H and O–H groups in total. The number of ether oxygens (including phenoxy) is 1. The third kappa shape index (κ3) is 5.63. The first kappa shape index (κ1) is 17.3. The Kier molecular flexibility index (Phi) is 5.60. The van der Waals surface area contributed by atoms with Gasteiger partial charge in [-0.1, -0.05) is 0 Å². The van der Waals surface area contributed by atoms with Crippen molar-refractivity contribution in [1.29, 1.82) is 0 Å². The molecule has 0 aliphatic heterocycles. The van der Waals surface area contributed by atoms with Crippen LogP contribution in [-0.2, 0) is 11.2 Å². The van der Waals surface area contributed by atoms with Crippen LogP contribution in [0.3, 0.4) is 0 Å². The summed E-state index contributed by atoms with van der Waals surface area (Å²) >= 11 is 0. The van der Waals surface area contributed by atoms with Gasteiger partial charge in [0.2, 0.25) is 0 Å². The first-order valence-corrected chi connectivity index (χ1v) is 6.36. The van der Waals surface area contributed by atoms with E-state index in [1.54, 1.807) is 20.8 Å². The summed E-state index contributed by atoms with van der Waals surface area (Å²) in [5.74, 6) is -3.43. The molecule has 0 aromatic heterocycles. The van der Waals surface area contributed by atoms with Gasteiger partial charge in [-0.15, -0.1) is 0 Å². The van der Waals surface area contributed by atoms with Crippen molar-refractivity contribution in [1.82, 2.24) is 5.32 Å². The number of alkyl carbamates (subject to hydrolysis) is 1. The van der Waals surface area contributed by atoms with Crippen LogP contribution in [0.25, 0.3) is 0 Å². The Hall–Kier alpha value is -1.76. The Morgan fingerprint density at radius 2 is 1.81 bits per heavy atom. The number of aliphatic hydroxyl groups is 1. The van der Waals surface area contributed by atoms with Crippen molar-refractivity contribution < 1.29 is 27.8 Å². The molecule has 7 heteroatoms. The van der Waals surface area contributed by atoms with Gasteiger partial charge < -0.3 is 15.2 Å². The van der Waals surface area contributed by atoms with Crippen LogP contribution < -0.4 is 5.32 Å². The zero-order valence-corrected chi connectivity index (χ0v) is 12.0. The number of hydrogen-bond acceptors (Lipinski definition) is 3. The molecule has 0 bridgehead atoms. The van der Waals surface area contributed by atoms with Crippen LogP contribution in [0.4, 0.5) is 18.0 Å². The van der Waals surface area contributed by atoms with E-state index < -0.39 is 41.8 Å². The lowest BCUT2D eigenvalue weighted by molar-refractivity contribution is 0.0482. The highest BCUT2D eigenvalue weighted by Gasteiger charge is 2.21. The number of amides is 1. The molecule has 1 amide bonds. The topological polar surface area (TPSA) is 58.6 Å². The molecule has 0 heterocycles. The van der Waals surface area contributed by atoms with Gasteiger partial charge in [0.05, 0.1) is 12.6 Å². The number of carbonyl (C=O) groups excluding carboxylic acids is 1. The lowest BCUT2D eigenvalue weighted by Crippen LogP contribution is -2.42. The molecule has 1 atom stereocenters. The van der Waals surface area contributed by atoms with E-state index in [2.05, 4.69) is 5.32 Å². The SMILES string of the molecule is CC(C)(C)OC(=O)NC(CO)Cc1cc(F)c(F)cc1F. The number of benzene rings is 1. The molecule has 0 aliphatic carbocycles. The van der Waals surface area contributed by atoms with Crippen molar-refractivity contribution >= 4 is 6.09 Å².